The zero-order valence-corrected chi connectivity index (χ0v) is 11.1. The summed E-state index contributed by atoms with van der Waals surface area (Å²) in [5.41, 5.74) is 8.18. The van der Waals surface area contributed by atoms with Gasteiger partial charge in [-0.1, -0.05) is 16.7 Å². The molecule has 1 heterocycles. The summed E-state index contributed by atoms with van der Waals surface area (Å²) in [7, 11) is 1.21. The van der Waals surface area contributed by atoms with Crippen LogP contribution in [-0.2, 0) is 9.53 Å². The molecule has 0 fully saturated rings. The van der Waals surface area contributed by atoms with E-state index in [1.807, 2.05) is 0 Å². The molecule has 0 bridgehead atoms. The van der Waals surface area contributed by atoms with Crippen molar-refractivity contribution >= 4 is 50.9 Å². The molecule has 0 aliphatic heterocycles. The molecule has 16 heavy (non-hydrogen) atoms. The van der Waals surface area contributed by atoms with Gasteiger partial charge < -0.3 is 4.74 Å². The molecule has 0 N–H and O–H groups in total. The SMILES string of the molecule is COC(=O)/C(=C\c1cc(Br)c(Cl)s1)N=[N+]=[N-]. The number of methoxy groups -OCH3 is 1. The van der Waals surface area contributed by atoms with E-state index < -0.39 is 5.97 Å². The Morgan fingerprint density at radius 3 is 2.94 bits per heavy atom. The van der Waals surface area contributed by atoms with E-state index >= 15 is 0 Å². The van der Waals surface area contributed by atoms with Crippen LogP contribution in [0.4, 0.5) is 0 Å². The number of carbonyl (C=O) groups is 1. The lowest BCUT2D eigenvalue weighted by molar-refractivity contribution is -0.136. The second kappa shape index (κ2) is 5.91. The second-order valence-corrected chi connectivity index (χ2v) is 5.02. The van der Waals surface area contributed by atoms with E-state index in [0.29, 0.717) is 9.21 Å². The largest absolute Gasteiger partial charge is 0.466 e. The number of esters is 1. The summed E-state index contributed by atoms with van der Waals surface area (Å²) in [5.74, 6) is -0.696. The van der Waals surface area contributed by atoms with Crippen molar-refractivity contribution in [1.82, 2.24) is 0 Å². The maximum Gasteiger partial charge on any atom is 0.340 e. The second-order valence-electron chi connectivity index (χ2n) is 2.48. The van der Waals surface area contributed by atoms with Crippen LogP contribution in [0.3, 0.4) is 0 Å². The summed E-state index contributed by atoms with van der Waals surface area (Å²) >= 11 is 10.3. The van der Waals surface area contributed by atoms with E-state index in [-0.39, 0.29) is 5.70 Å². The Morgan fingerprint density at radius 1 is 1.81 bits per heavy atom. The fourth-order valence-corrected chi connectivity index (χ4v) is 2.52. The van der Waals surface area contributed by atoms with Crippen LogP contribution in [0.5, 0.6) is 0 Å². The van der Waals surface area contributed by atoms with Crippen LogP contribution in [0.15, 0.2) is 21.4 Å². The molecule has 8 heteroatoms. The van der Waals surface area contributed by atoms with Crippen LogP contribution in [0.25, 0.3) is 16.5 Å². The lowest BCUT2D eigenvalue weighted by atomic mass is 10.3. The molecule has 0 atom stereocenters. The molecule has 1 rings (SSSR count). The molecule has 0 spiro atoms. The first kappa shape index (κ1) is 13.1. The minimum Gasteiger partial charge on any atom is -0.466 e. The van der Waals surface area contributed by atoms with Crippen molar-refractivity contribution in [3.8, 4) is 0 Å². The number of carbonyl (C=O) groups excluding carboxylic acids is 1. The van der Waals surface area contributed by atoms with Gasteiger partial charge in [-0.3, -0.25) is 0 Å². The number of ether oxygens (including phenoxy) is 1. The predicted molar refractivity (Wildman–Crippen MR) is 66.2 cm³/mol. The Morgan fingerprint density at radius 2 is 2.50 bits per heavy atom. The highest BCUT2D eigenvalue weighted by molar-refractivity contribution is 9.10. The third-order valence-electron chi connectivity index (χ3n) is 1.49. The number of azide groups is 1. The standard InChI is InChI=1S/C8H5BrClN3O2S/c1-15-8(14)6(12-13-11)3-4-2-5(9)7(10)16-4/h2-3H,1H3/b6-3+. The summed E-state index contributed by atoms with van der Waals surface area (Å²) in [6, 6.07) is 1.71. The first-order valence-corrected chi connectivity index (χ1v) is 5.87. The van der Waals surface area contributed by atoms with Gasteiger partial charge in [0.25, 0.3) is 0 Å². The molecule has 0 saturated carbocycles. The Kier molecular flexibility index (Phi) is 4.82. The van der Waals surface area contributed by atoms with Crippen LogP contribution in [0.1, 0.15) is 4.88 Å². The maximum atomic E-state index is 11.2. The van der Waals surface area contributed by atoms with E-state index in [0.717, 1.165) is 4.47 Å². The molecule has 5 nitrogen and oxygen atoms in total. The molecule has 0 aliphatic rings. The van der Waals surface area contributed by atoms with Crippen LogP contribution in [0, 0.1) is 0 Å². The smallest absolute Gasteiger partial charge is 0.340 e. The van der Waals surface area contributed by atoms with Gasteiger partial charge in [0.05, 0.1) is 7.11 Å². The van der Waals surface area contributed by atoms with E-state index in [1.165, 1.54) is 24.5 Å². The van der Waals surface area contributed by atoms with Crippen molar-refractivity contribution in [2.75, 3.05) is 7.11 Å². The molecule has 0 unspecified atom stereocenters. The molecule has 84 valence electrons. The average Bonchev–Trinajstić information content (AvgIpc) is 2.56. The van der Waals surface area contributed by atoms with Gasteiger partial charge in [0.2, 0.25) is 0 Å². The summed E-state index contributed by atoms with van der Waals surface area (Å²) in [6.07, 6.45) is 1.41. The van der Waals surface area contributed by atoms with E-state index in [4.69, 9.17) is 17.1 Å². The van der Waals surface area contributed by atoms with Crippen LogP contribution in [-0.4, -0.2) is 13.1 Å². The van der Waals surface area contributed by atoms with Gasteiger partial charge in [0.1, 0.15) is 10.0 Å². The third kappa shape index (κ3) is 3.24. The van der Waals surface area contributed by atoms with Crippen molar-refractivity contribution in [3.63, 3.8) is 0 Å². The van der Waals surface area contributed by atoms with Crippen LogP contribution < -0.4 is 0 Å². The Labute approximate surface area is 108 Å². The Hall–Kier alpha value is -1.01. The Bertz CT molecular complexity index is 474. The van der Waals surface area contributed by atoms with Crippen molar-refractivity contribution < 1.29 is 9.53 Å². The molecule has 0 amide bonds. The van der Waals surface area contributed by atoms with Crippen molar-refractivity contribution in [2.24, 2.45) is 5.11 Å². The highest BCUT2D eigenvalue weighted by Crippen LogP contribution is 2.33. The lowest BCUT2D eigenvalue weighted by Gasteiger charge is -1.96. The van der Waals surface area contributed by atoms with Gasteiger partial charge in [0, 0.05) is 14.3 Å². The zero-order chi connectivity index (χ0) is 12.1. The predicted octanol–water partition coefficient (Wildman–Crippen LogP) is 3.99. The number of hydrogen-bond donors (Lipinski definition) is 0. The summed E-state index contributed by atoms with van der Waals surface area (Å²) in [6.45, 7) is 0. The number of halogens is 2. The molecule has 0 aliphatic carbocycles. The van der Waals surface area contributed by atoms with Gasteiger partial charge in [-0.25, -0.2) is 4.79 Å². The third-order valence-corrected chi connectivity index (χ3v) is 3.91. The molecule has 0 radical (unpaired) electrons. The molecular weight excluding hydrogens is 318 g/mol. The summed E-state index contributed by atoms with van der Waals surface area (Å²) < 4.78 is 5.73. The normalized spacial score (nSPS) is 10.8. The van der Waals surface area contributed by atoms with Gasteiger partial charge in [0.15, 0.2) is 0 Å². The number of thiophene rings is 1. The molecule has 1 aromatic rings. The molecule has 0 aromatic carbocycles. The maximum absolute atomic E-state index is 11.2. The highest BCUT2D eigenvalue weighted by Gasteiger charge is 2.09. The van der Waals surface area contributed by atoms with Crippen LogP contribution >= 0.6 is 38.9 Å². The van der Waals surface area contributed by atoms with E-state index in [2.05, 4.69) is 30.7 Å². The minimum absolute atomic E-state index is 0.115. The first-order valence-electron chi connectivity index (χ1n) is 3.88. The minimum atomic E-state index is -0.696. The number of rotatable bonds is 3. The quantitative estimate of drug-likeness (QED) is 0.277. The topological polar surface area (TPSA) is 75.1 Å². The Balaban J connectivity index is 3.11. The molecule has 0 saturated heterocycles. The molecular formula is C8H5BrClN3O2S. The molecule has 1 aromatic heterocycles. The van der Waals surface area contributed by atoms with E-state index in [1.54, 1.807) is 6.07 Å². The number of hydrogen-bond acceptors (Lipinski definition) is 4. The monoisotopic (exact) mass is 321 g/mol. The fourth-order valence-electron chi connectivity index (χ4n) is 0.851. The van der Waals surface area contributed by atoms with Gasteiger partial charge in [-0.05, 0) is 33.6 Å². The summed E-state index contributed by atoms with van der Waals surface area (Å²) in [4.78, 5) is 14.4. The highest BCUT2D eigenvalue weighted by atomic mass is 79.9. The average molecular weight is 323 g/mol. The van der Waals surface area contributed by atoms with Crippen molar-refractivity contribution in [1.29, 1.82) is 0 Å². The fraction of sp³-hybridized carbons (Fsp3) is 0.125. The van der Waals surface area contributed by atoms with Gasteiger partial charge in [-0.2, -0.15) is 0 Å². The number of nitrogens with zero attached hydrogens (tertiary/aromatic N) is 3. The van der Waals surface area contributed by atoms with Gasteiger partial charge >= 0.3 is 5.97 Å². The van der Waals surface area contributed by atoms with Crippen molar-refractivity contribution in [2.45, 2.75) is 0 Å². The van der Waals surface area contributed by atoms with Crippen molar-refractivity contribution in [3.05, 3.63) is 35.9 Å². The van der Waals surface area contributed by atoms with E-state index in [9.17, 15) is 4.79 Å². The first-order chi connectivity index (χ1) is 7.58. The van der Waals surface area contributed by atoms with Crippen LogP contribution in [0.2, 0.25) is 4.34 Å². The zero-order valence-electron chi connectivity index (χ0n) is 7.98. The summed E-state index contributed by atoms with van der Waals surface area (Å²) in [5, 5.41) is 3.24. The lowest BCUT2D eigenvalue weighted by Crippen LogP contribution is -2.01. The van der Waals surface area contributed by atoms with Gasteiger partial charge in [-0.15, -0.1) is 11.3 Å².